The zero-order chi connectivity index (χ0) is 17.2. The summed E-state index contributed by atoms with van der Waals surface area (Å²) in [4.78, 5) is 23.2. The van der Waals surface area contributed by atoms with Crippen molar-refractivity contribution in [3.63, 3.8) is 0 Å². The van der Waals surface area contributed by atoms with Gasteiger partial charge < -0.3 is 10.1 Å². The van der Waals surface area contributed by atoms with Crippen molar-refractivity contribution in [1.29, 1.82) is 0 Å². The molecule has 3 rings (SSSR count). The molecule has 1 saturated carbocycles. The fourth-order valence-electron chi connectivity index (χ4n) is 3.04. The van der Waals surface area contributed by atoms with Gasteiger partial charge in [0.25, 0.3) is 5.91 Å². The largest absolute Gasteiger partial charge is 0.490 e. The first-order valence-electron chi connectivity index (χ1n) is 7.76. The van der Waals surface area contributed by atoms with Crippen LogP contribution in [0.15, 0.2) is 48.5 Å². The molecule has 2 aromatic rings. The summed E-state index contributed by atoms with van der Waals surface area (Å²) in [6.45, 7) is 0. The molecule has 0 spiro atoms. The molecule has 2 aromatic carbocycles. The zero-order valence-corrected chi connectivity index (χ0v) is 13.3. The molecule has 0 aromatic heterocycles. The average Bonchev–Trinajstić information content (AvgIpc) is 2.58. The molecule has 1 fully saturated rings. The van der Waals surface area contributed by atoms with Gasteiger partial charge in [-0.2, -0.15) is 0 Å². The maximum absolute atomic E-state index is 12.6. The Morgan fingerprint density at radius 3 is 2.46 bits per heavy atom. The SMILES string of the molecule is COc1ccc(C(=O)NC2(c3ccccc3)CCC2)cc1[N+](=O)[O-]. The van der Waals surface area contributed by atoms with Crippen LogP contribution in [-0.2, 0) is 5.54 Å². The predicted molar refractivity (Wildman–Crippen MR) is 89.1 cm³/mol. The highest BCUT2D eigenvalue weighted by Crippen LogP contribution is 2.41. The van der Waals surface area contributed by atoms with E-state index in [0.717, 1.165) is 24.8 Å². The van der Waals surface area contributed by atoms with E-state index in [4.69, 9.17) is 4.74 Å². The van der Waals surface area contributed by atoms with Crippen molar-refractivity contribution in [2.24, 2.45) is 0 Å². The Labute approximate surface area is 139 Å². The summed E-state index contributed by atoms with van der Waals surface area (Å²) in [6, 6.07) is 14.1. The van der Waals surface area contributed by atoms with Crippen molar-refractivity contribution in [2.75, 3.05) is 7.11 Å². The van der Waals surface area contributed by atoms with Gasteiger partial charge in [0.2, 0.25) is 0 Å². The van der Waals surface area contributed by atoms with Crippen molar-refractivity contribution in [1.82, 2.24) is 5.32 Å². The van der Waals surface area contributed by atoms with Gasteiger partial charge in [0, 0.05) is 11.6 Å². The number of nitro groups is 1. The van der Waals surface area contributed by atoms with Crippen molar-refractivity contribution in [3.8, 4) is 5.75 Å². The van der Waals surface area contributed by atoms with E-state index >= 15 is 0 Å². The van der Waals surface area contributed by atoms with E-state index in [1.807, 2.05) is 30.3 Å². The first kappa shape index (κ1) is 16.0. The molecule has 0 bridgehead atoms. The van der Waals surface area contributed by atoms with Gasteiger partial charge >= 0.3 is 5.69 Å². The minimum atomic E-state index is -0.550. The number of benzene rings is 2. The normalized spacial score (nSPS) is 15.2. The van der Waals surface area contributed by atoms with Gasteiger partial charge in [-0.15, -0.1) is 0 Å². The quantitative estimate of drug-likeness (QED) is 0.674. The number of hydrogen-bond donors (Lipinski definition) is 1. The summed E-state index contributed by atoms with van der Waals surface area (Å²) < 4.78 is 4.97. The van der Waals surface area contributed by atoms with Crippen LogP contribution in [0.3, 0.4) is 0 Å². The standard InChI is InChI=1S/C18H18N2O4/c1-24-16-9-8-13(12-15(16)20(22)23)17(21)19-18(10-5-11-18)14-6-3-2-4-7-14/h2-4,6-9,12H,5,10-11H2,1H3,(H,19,21). The molecule has 0 unspecified atom stereocenters. The van der Waals surface area contributed by atoms with Crippen LogP contribution in [0.25, 0.3) is 0 Å². The average molecular weight is 326 g/mol. The third kappa shape index (κ3) is 2.82. The fourth-order valence-corrected chi connectivity index (χ4v) is 3.04. The van der Waals surface area contributed by atoms with Gasteiger partial charge in [-0.05, 0) is 37.0 Å². The highest BCUT2D eigenvalue weighted by Gasteiger charge is 2.40. The molecule has 124 valence electrons. The monoisotopic (exact) mass is 326 g/mol. The van der Waals surface area contributed by atoms with Crippen LogP contribution in [-0.4, -0.2) is 17.9 Å². The molecule has 1 amide bonds. The van der Waals surface area contributed by atoms with Gasteiger partial charge in [-0.25, -0.2) is 0 Å². The lowest BCUT2D eigenvalue weighted by Crippen LogP contribution is -2.50. The van der Waals surface area contributed by atoms with Gasteiger partial charge in [-0.3, -0.25) is 14.9 Å². The van der Waals surface area contributed by atoms with E-state index in [2.05, 4.69) is 5.32 Å². The Morgan fingerprint density at radius 2 is 1.92 bits per heavy atom. The molecule has 0 atom stereocenters. The highest BCUT2D eigenvalue weighted by molar-refractivity contribution is 5.95. The number of carbonyl (C=O) groups is 1. The van der Waals surface area contributed by atoms with Gasteiger partial charge in [0.15, 0.2) is 5.75 Å². The second kappa shape index (κ2) is 6.31. The van der Waals surface area contributed by atoms with Crippen molar-refractivity contribution >= 4 is 11.6 Å². The minimum Gasteiger partial charge on any atom is -0.490 e. The number of methoxy groups -OCH3 is 1. The van der Waals surface area contributed by atoms with Crippen molar-refractivity contribution in [3.05, 3.63) is 69.8 Å². The molecule has 6 heteroatoms. The Balaban J connectivity index is 1.87. The molecule has 6 nitrogen and oxygen atoms in total. The molecule has 0 aliphatic heterocycles. The van der Waals surface area contributed by atoms with Crippen LogP contribution in [0, 0.1) is 10.1 Å². The van der Waals surface area contributed by atoms with Gasteiger partial charge in [0.1, 0.15) is 0 Å². The molecular formula is C18H18N2O4. The summed E-state index contributed by atoms with van der Waals surface area (Å²) in [5.41, 5.74) is 0.720. The Kier molecular flexibility index (Phi) is 4.20. The second-order valence-corrected chi connectivity index (χ2v) is 5.90. The van der Waals surface area contributed by atoms with Crippen LogP contribution >= 0.6 is 0 Å². The molecule has 1 N–H and O–H groups in total. The zero-order valence-electron chi connectivity index (χ0n) is 13.3. The summed E-state index contributed by atoms with van der Waals surface area (Å²) in [6.07, 6.45) is 2.76. The number of hydrogen-bond acceptors (Lipinski definition) is 4. The van der Waals surface area contributed by atoms with Crippen molar-refractivity contribution < 1.29 is 14.5 Å². The Morgan fingerprint density at radius 1 is 1.21 bits per heavy atom. The number of nitro benzene ring substituents is 1. The second-order valence-electron chi connectivity index (χ2n) is 5.90. The van der Waals surface area contributed by atoms with E-state index in [1.54, 1.807) is 6.07 Å². The maximum atomic E-state index is 12.6. The fraction of sp³-hybridized carbons (Fsp3) is 0.278. The summed E-state index contributed by atoms with van der Waals surface area (Å²) in [7, 11) is 1.36. The molecule has 24 heavy (non-hydrogen) atoms. The third-order valence-electron chi connectivity index (χ3n) is 4.52. The lowest BCUT2D eigenvalue weighted by atomic mass is 9.71. The van der Waals surface area contributed by atoms with Crippen LogP contribution in [0.2, 0.25) is 0 Å². The Bertz CT molecular complexity index is 770. The molecule has 0 heterocycles. The molecule has 0 saturated heterocycles. The van der Waals surface area contributed by atoms with E-state index in [-0.39, 0.29) is 28.4 Å². The summed E-state index contributed by atoms with van der Waals surface area (Å²) in [5, 5.41) is 14.2. The number of amides is 1. The molecule has 0 radical (unpaired) electrons. The van der Waals surface area contributed by atoms with Crippen LogP contribution in [0.4, 0.5) is 5.69 Å². The minimum absolute atomic E-state index is 0.137. The molecule has 1 aliphatic carbocycles. The maximum Gasteiger partial charge on any atom is 0.311 e. The van der Waals surface area contributed by atoms with Crippen molar-refractivity contribution in [2.45, 2.75) is 24.8 Å². The number of rotatable bonds is 5. The number of ether oxygens (including phenoxy) is 1. The number of nitrogens with zero attached hydrogens (tertiary/aromatic N) is 1. The summed E-state index contributed by atoms with van der Waals surface area (Å²) >= 11 is 0. The van der Waals surface area contributed by atoms with Gasteiger partial charge in [-0.1, -0.05) is 30.3 Å². The molecular weight excluding hydrogens is 308 g/mol. The van der Waals surface area contributed by atoms with Crippen LogP contribution in [0.1, 0.15) is 35.2 Å². The third-order valence-corrected chi connectivity index (χ3v) is 4.52. The first-order chi connectivity index (χ1) is 11.6. The molecule has 1 aliphatic rings. The van der Waals surface area contributed by atoms with E-state index < -0.39 is 4.92 Å². The predicted octanol–water partition coefficient (Wildman–Crippen LogP) is 3.41. The lowest BCUT2D eigenvalue weighted by molar-refractivity contribution is -0.385. The highest BCUT2D eigenvalue weighted by atomic mass is 16.6. The van der Waals surface area contributed by atoms with E-state index in [1.165, 1.54) is 19.2 Å². The topological polar surface area (TPSA) is 81.5 Å². The smallest absolute Gasteiger partial charge is 0.311 e. The Hall–Kier alpha value is -2.89. The van der Waals surface area contributed by atoms with E-state index in [0.29, 0.717) is 0 Å². The van der Waals surface area contributed by atoms with Crippen LogP contribution < -0.4 is 10.1 Å². The lowest BCUT2D eigenvalue weighted by Gasteiger charge is -2.43. The summed E-state index contributed by atoms with van der Waals surface area (Å²) in [5.74, 6) is -0.178. The van der Waals surface area contributed by atoms with Crippen LogP contribution in [0.5, 0.6) is 5.75 Å². The van der Waals surface area contributed by atoms with E-state index in [9.17, 15) is 14.9 Å². The van der Waals surface area contributed by atoms with Gasteiger partial charge in [0.05, 0.1) is 17.6 Å². The first-order valence-corrected chi connectivity index (χ1v) is 7.76. The number of nitrogens with one attached hydrogen (secondary N) is 1. The number of carbonyl (C=O) groups excluding carboxylic acids is 1.